The van der Waals surface area contributed by atoms with Crippen LogP contribution in [0.4, 0.5) is 0 Å². The molecule has 1 amide bonds. The molecule has 0 aliphatic carbocycles. The van der Waals surface area contributed by atoms with Crippen molar-refractivity contribution >= 4 is 5.91 Å². The summed E-state index contributed by atoms with van der Waals surface area (Å²) in [6.07, 6.45) is 7.19. The maximum atomic E-state index is 13.2. The number of nitrogens with zero attached hydrogens (tertiary/aromatic N) is 3. The Hall–Kier alpha value is -2.31. The standard InChI is InChI=1S/C19H21N5O/c25-19(17-9-15(22-23-17)12-4-2-1-3-5-12)24-13-6-7-18(24)14-10-20-11-21-16(14)8-13/h1-5,10-11,13,15,17-18,22-23H,6-9H2. The molecule has 6 nitrogen and oxygen atoms in total. The number of benzene rings is 1. The van der Waals surface area contributed by atoms with E-state index in [1.54, 1.807) is 6.33 Å². The predicted octanol–water partition coefficient (Wildman–Crippen LogP) is 1.67. The van der Waals surface area contributed by atoms with Gasteiger partial charge in [-0.15, -0.1) is 0 Å². The summed E-state index contributed by atoms with van der Waals surface area (Å²) < 4.78 is 0. The van der Waals surface area contributed by atoms with Crippen LogP contribution in [0.3, 0.4) is 0 Å². The van der Waals surface area contributed by atoms with E-state index in [0.717, 1.165) is 36.9 Å². The second-order valence-electron chi connectivity index (χ2n) is 7.16. The molecule has 6 heteroatoms. The molecule has 4 heterocycles. The first-order valence-electron chi connectivity index (χ1n) is 8.98. The smallest absolute Gasteiger partial charge is 0.241 e. The summed E-state index contributed by atoms with van der Waals surface area (Å²) in [5, 5.41) is 0. The van der Waals surface area contributed by atoms with E-state index in [2.05, 4.69) is 37.9 Å². The number of carbonyl (C=O) groups excluding carboxylic acids is 1. The Morgan fingerprint density at radius 1 is 1.16 bits per heavy atom. The van der Waals surface area contributed by atoms with Crippen molar-refractivity contribution in [3.05, 3.63) is 59.7 Å². The Morgan fingerprint density at radius 3 is 2.92 bits per heavy atom. The Bertz CT molecular complexity index is 795. The van der Waals surface area contributed by atoms with Crippen molar-refractivity contribution < 1.29 is 4.79 Å². The van der Waals surface area contributed by atoms with Crippen LogP contribution < -0.4 is 10.9 Å². The maximum Gasteiger partial charge on any atom is 0.241 e. The molecule has 4 unspecified atom stereocenters. The maximum absolute atomic E-state index is 13.2. The van der Waals surface area contributed by atoms with Gasteiger partial charge < -0.3 is 4.90 Å². The van der Waals surface area contributed by atoms with Crippen LogP contribution in [0.5, 0.6) is 0 Å². The van der Waals surface area contributed by atoms with Crippen molar-refractivity contribution in [2.45, 2.75) is 49.9 Å². The van der Waals surface area contributed by atoms with E-state index < -0.39 is 0 Å². The van der Waals surface area contributed by atoms with E-state index in [0.29, 0.717) is 0 Å². The van der Waals surface area contributed by atoms with E-state index in [9.17, 15) is 4.79 Å². The number of hydrazine groups is 1. The zero-order valence-electron chi connectivity index (χ0n) is 13.9. The highest BCUT2D eigenvalue weighted by Crippen LogP contribution is 2.43. The normalized spacial score (nSPS) is 30.3. The van der Waals surface area contributed by atoms with Crippen LogP contribution in [0.2, 0.25) is 0 Å². The summed E-state index contributed by atoms with van der Waals surface area (Å²) in [7, 11) is 0. The minimum atomic E-state index is -0.181. The van der Waals surface area contributed by atoms with Crippen LogP contribution in [-0.4, -0.2) is 32.9 Å². The van der Waals surface area contributed by atoms with Gasteiger partial charge in [0.05, 0.1) is 11.7 Å². The second-order valence-corrected chi connectivity index (χ2v) is 7.16. The van der Waals surface area contributed by atoms with Crippen LogP contribution in [-0.2, 0) is 11.2 Å². The SMILES string of the molecule is O=C(C1CC(c2ccccc2)NN1)N1C2CCC1c1cncnc1C2. The number of rotatable bonds is 2. The third kappa shape index (κ3) is 2.44. The van der Waals surface area contributed by atoms with Gasteiger partial charge in [0, 0.05) is 30.3 Å². The first-order chi connectivity index (χ1) is 12.3. The number of fused-ring (bicyclic) bond motifs is 4. The number of hydrogen-bond donors (Lipinski definition) is 2. The van der Waals surface area contributed by atoms with Gasteiger partial charge in [-0.05, 0) is 24.8 Å². The molecule has 1 aromatic heterocycles. The van der Waals surface area contributed by atoms with Crippen LogP contribution in [0.15, 0.2) is 42.9 Å². The van der Waals surface area contributed by atoms with Gasteiger partial charge in [0.2, 0.25) is 5.91 Å². The summed E-state index contributed by atoms with van der Waals surface area (Å²) in [4.78, 5) is 23.9. The fourth-order valence-corrected chi connectivity index (χ4v) is 4.56. The van der Waals surface area contributed by atoms with Crippen LogP contribution in [0.25, 0.3) is 0 Å². The average Bonchev–Trinajstić information content (AvgIpc) is 3.27. The van der Waals surface area contributed by atoms with Crippen LogP contribution in [0.1, 0.15) is 48.2 Å². The highest BCUT2D eigenvalue weighted by atomic mass is 16.2. The summed E-state index contributed by atoms with van der Waals surface area (Å²) in [6.45, 7) is 0. The molecule has 2 saturated heterocycles. The van der Waals surface area contributed by atoms with Gasteiger partial charge in [0.15, 0.2) is 0 Å². The quantitative estimate of drug-likeness (QED) is 0.874. The lowest BCUT2D eigenvalue weighted by molar-refractivity contribution is -0.136. The van der Waals surface area contributed by atoms with Crippen molar-refractivity contribution in [2.24, 2.45) is 0 Å². The van der Waals surface area contributed by atoms with Gasteiger partial charge in [0.1, 0.15) is 12.4 Å². The lowest BCUT2D eigenvalue weighted by Gasteiger charge is -2.36. The second kappa shape index (κ2) is 5.89. The lowest BCUT2D eigenvalue weighted by atomic mass is 9.96. The lowest BCUT2D eigenvalue weighted by Crippen LogP contribution is -2.50. The summed E-state index contributed by atoms with van der Waals surface area (Å²) in [6, 6.07) is 10.7. The Morgan fingerprint density at radius 2 is 2.04 bits per heavy atom. The number of aromatic nitrogens is 2. The third-order valence-electron chi connectivity index (χ3n) is 5.78. The van der Waals surface area contributed by atoms with Crippen molar-refractivity contribution in [3.63, 3.8) is 0 Å². The minimum absolute atomic E-state index is 0.139. The van der Waals surface area contributed by atoms with Crippen LogP contribution >= 0.6 is 0 Å². The summed E-state index contributed by atoms with van der Waals surface area (Å²) in [5.41, 5.74) is 9.98. The molecule has 0 saturated carbocycles. The first kappa shape index (κ1) is 15.0. The molecule has 3 aliphatic heterocycles. The molecule has 0 spiro atoms. The average molecular weight is 335 g/mol. The van der Waals surface area contributed by atoms with Gasteiger partial charge in [-0.2, -0.15) is 0 Å². The molecule has 1 aromatic carbocycles. The molecular formula is C19H21N5O. The third-order valence-corrected chi connectivity index (χ3v) is 5.78. The number of amides is 1. The molecule has 0 radical (unpaired) electrons. The van der Waals surface area contributed by atoms with E-state index in [4.69, 9.17) is 0 Å². The first-order valence-corrected chi connectivity index (χ1v) is 8.98. The Balaban J connectivity index is 1.36. The Labute approximate surface area is 146 Å². The zero-order chi connectivity index (χ0) is 16.8. The van der Waals surface area contributed by atoms with E-state index in [-0.39, 0.29) is 30.1 Å². The Kier molecular flexibility index (Phi) is 3.53. The number of hydrogen-bond acceptors (Lipinski definition) is 5. The largest absolute Gasteiger partial charge is 0.331 e. The molecule has 4 atom stereocenters. The highest BCUT2D eigenvalue weighted by Gasteiger charge is 2.46. The van der Waals surface area contributed by atoms with Gasteiger partial charge in [-0.3, -0.25) is 4.79 Å². The van der Waals surface area contributed by atoms with Gasteiger partial charge in [-0.1, -0.05) is 30.3 Å². The van der Waals surface area contributed by atoms with Crippen molar-refractivity contribution in [2.75, 3.05) is 0 Å². The molecule has 5 rings (SSSR count). The van der Waals surface area contributed by atoms with Crippen molar-refractivity contribution in [3.8, 4) is 0 Å². The van der Waals surface area contributed by atoms with E-state index in [1.807, 2.05) is 24.4 Å². The fraction of sp³-hybridized carbons (Fsp3) is 0.421. The van der Waals surface area contributed by atoms with Crippen molar-refractivity contribution in [1.29, 1.82) is 0 Å². The summed E-state index contributed by atoms with van der Waals surface area (Å²) in [5.74, 6) is 0.202. The molecule has 2 fully saturated rings. The zero-order valence-corrected chi connectivity index (χ0v) is 13.9. The molecule has 2 N–H and O–H groups in total. The molecular weight excluding hydrogens is 314 g/mol. The predicted molar refractivity (Wildman–Crippen MR) is 92.2 cm³/mol. The minimum Gasteiger partial charge on any atom is -0.331 e. The topological polar surface area (TPSA) is 70.2 Å². The van der Waals surface area contributed by atoms with E-state index in [1.165, 1.54) is 5.56 Å². The van der Waals surface area contributed by atoms with Gasteiger partial charge in [-0.25, -0.2) is 20.8 Å². The van der Waals surface area contributed by atoms with Gasteiger partial charge >= 0.3 is 0 Å². The monoisotopic (exact) mass is 335 g/mol. The van der Waals surface area contributed by atoms with E-state index >= 15 is 0 Å². The molecule has 2 bridgehead atoms. The van der Waals surface area contributed by atoms with Crippen molar-refractivity contribution in [1.82, 2.24) is 25.7 Å². The molecule has 25 heavy (non-hydrogen) atoms. The molecule has 3 aliphatic rings. The highest BCUT2D eigenvalue weighted by molar-refractivity contribution is 5.83. The van der Waals surface area contributed by atoms with Gasteiger partial charge in [0.25, 0.3) is 0 Å². The van der Waals surface area contributed by atoms with Crippen LogP contribution in [0, 0.1) is 0 Å². The fourth-order valence-electron chi connectivity index (χ4n) is 4.56. The molecule has 2 aromatic rings. The number of carbonyl (C=O) groups is 1. The molecule has 128 valence electrons. The number of nitrogens with one attached hydrogen (secondary N) is 2. The summed E-state index contributed by atoms with van der Waals surface area (Å²) >= 11 is 0.